The molecule has 1 atom stereocenters. The molecule has 1 unspecified atom stereocenters. The minimum atomic E-state index is -4.38. The third-order valence-corrected chi connectivity index (χ3v) is 3.14. The number of nitrogens with two attached hydrogens (primary N) is 1. The van der Waals surface area contributed by atoms with E-state index in [2.05, 4.69) is 0 Å². The molecular formula is C15H13F4N. The highest BCUT2D eigenvalue weighted by Crippen LogP contribution is 2.32. The van der Waals surface area contributed by atoms with Gasteiger partial charge in [0.2, 0.25) is 0 Å². The lowest BCUT2D eigenvalue weighted by Crippen LogP contribution is -2.14. The standard InChI is InChI=1S/C15H13F4N/c1-9-7-11(15(17,18)19)5-6-13(9)14(20)10-3-2-4-12(16)8-10/h2-8,14H,20H2,1H3. The van der Waals surface area contributed by atoms with Crippen LogP contribution in [-0.2, 0) is 6.18 Å². The summed E-state index contributed by atoms with van der Waals surface area (Å²) < 4.78 is 50.9. The lowest BCUT2D eigenvalue weighted by Gasteiger charge is -2.17. The number of rotatable bonds is 2. The topological polar surface area (TPSA) is 26.0 Å². The van der Waals surface area contributed by atoms with Crippen molar-refractivity contribution < 1.29 is 17.6 Å². The highest BCUT2D eigenvalue weighted by Gasteiger charge is 2.31. The van der Waals surface area contributed by atoms with Gasteiger partial charge in [0.25, 0.3) is 0 Å². The first kappa shape index (κ1) is 14.5. The van der Waals surface area contributed by atoms with E-state index in [1.54, 1.807) is 13.0 Å². The van der Waals surface area contributed by atoms with Crippen molar-refractivity contribution in [2.75, 3.05) is 0 Å². The molecular weight excluding hydrogens is 270 g/mol. The average molecular weight is 283 g/mol. The molecule has 0 saturated carbocycles. The minimum absolute atomic E-state index is 0.427. The van der Waals surface area contributed by atoms with Gasteiger partial charge in [0.1, 0.15) is 5.82 Å². The normalized spacial score (nSPS) is 13.3. The SMILES string of the molecule is Cc1cc(C(F)(F)F)ccc1C(N)c1cccc(F)c1. The Morgan fingerprint density at radius 2 is 1.75 bits per heavy atom. The van der Waals surface area contributed by atoms with Gasteiger partial charge in [-0.3, -0.25) is 0 Å². The molecule has 2 aromatic rings. The Labute approximate surface area is 114 Å². The molecule has 0 amide bonds. The van der Waals surface area contributed by atoms with Crippen LogP contribution in [0.3, 0.4) is 0 Å². The molecule has 2 rings (SSSR count). The fraction of sp³-hybridized carbons (Fsp3) is 0.200. The molecule has 0 aliphatic carbocycles. The molecule has 2 aromatic carbocycles. The molecule has 20 heavy (non-hydrogen) atoms. The van der Waals surface area contributed by atoms with Gasteiger partial charge in [0.05, 0.1) is 11.6 Å². The number of benzene rings is 2. The second-order valence-electron chi connectivity index (χ2n) is 4.60. The van der Waals surface area contributed by atoms with Gasteiger partial charge in [-0.15, -0.1) is 0 Å². The minimum Gasteiger partial charge on any atom is -0.320 e. The Morgan fingerprint density at radius 1 is 1.05 bits per heavy atom. The van der Waals surface area contributed by atoms with Gasteiger partial charge in [-0.1, -0.05) is 18.2 Å². The van der Waals surface area contributed by atoms with E-state index in [9.17, 15) is 17.6 Å². The van der Waals surface area contributed by atoms with Crippen molar-refractivity contribution in [2.24, 2.45) is 5.73 Å². The highest BCUT2D eigenvalue weighted by molar-refractivity contribution is 5.39. The van der Waals surface area contributed by atoms with E-state index in [1.807, 2.05) is 0 Å². The van der Waals surface area contributed by atoms with Crippen molar-refractivity contribution >= 4 is 0 Å². The lowest BCUT2D eigenvalue weighted by molar-refractivity contribution is -0.137. The van der Waals surface area contributed by atoms with E-state index in [1.165, 1.54) is 24.3 Å². The van der Waals surface area contributed by atoms with Crippen LogP contribution in [0.1, 0.15) is 28.3 Å². The zero-order valence-electron chi connectivity index (χ0n) is 10.7. The lowest BCUT2D eigenvalue weighted by atomic mass is 9.94. The Morgan fingerprint density at radius 3 is 2.30 bits per heavy atom. The summed E-state index contributed by atoms with van der Waals surface area (Å²) in [5, 5.41) is 0. The number of halogens is 4. The molecule has 5 heteroatoms. The molecule has 1 nitrogen and oxygen atoms in total. The molecule has 0 fully saturated rings. The van der Waals surface area contributed by atoms with Crippen molar-refractivity contribution in [3.63, 3.8) is 0 Å². The molecule has 0 heterocycles. The summed E-state index contributed by atoms with van der Waals surface area (Å²) in [6.45, 7) is 1.56. The zero-order chi connectivity index (χ0) is 14.9. The monoisotopic (exact) mass is 283 g/mol. The van der Waals surface area contributed by atoms with Gasteiger partial charge in [-0.2, -0.15) is 13.2 Å². The molecule has 106 valence electrons. The Bertz CT molecular complexity index is 620. The summed E-state index contributed by atoms with van der Waals surface area (Å²) in [7, 11) is 0. The molecule has 0 bridgehead atoms. The van der Waals surface area contributed by atoms with Crippen LogP contribution in [-0.4, -0.2) is 0 Å². The van der Waals surface area contributed by atoms with Gasteiger partial charge >= 0.3 is 6.18 Å². The van der Waals surface area contributed by atoms with Crippen molar-refractivity contribution in [1.82, 2.24) is 0 Å². The number of aryl methyl sites for hydroxylation is 1. The summed E-state index contributed by atoms with van der Waals surface area (Å²) in [6.07, 6.45) is -4.38. The molecule has 2 N–H and O–H groups in total. The van der Waals surface area contributed by atoms with Gasteiger partial charge < -0.3 is 5.73 Å². The van der Waals surface area contributed by atoms with Crippen LogP contribution in [0.25, 0.3) is 0 Å². The van der Waals surface area contributed by atoms with Gasteiger partial charge in [-0.05, 0) is 47.9 Å². The summed E-state index contributed by atoms with van der Waals surface area (Å²) in [6, 6.07) is 8.45. The largest absolute Gasteiger partial charge is 0.416 e. The zero-order valence-corrected chi connectivity index (χ0v) is 10.7. The second-order valence-corrected chi connectivity index (χ2v) is 4.60. The van der Waals surface area contributed by atoms with Gasteiger partial charge in [-0.25, -0.2) is 4.39 Å². The van der Waals surface area contributed by atoms with Crippen LogP contribution in [0.4, 0.5) is 17.6 Å². The first-order chi connectivity index (χ1) is 9.29. The predicted molar refractivity (Wildman–Crippen MR) is 68.6 cm³/mol. The fourth-order valence-corrected chi connectivity index (χ4v) is 2.08. The Hall–Kier alpha value is -1.88. The summed E-state index contributed by atoms with van der Waals surface area (Å²) in [5.41, 5.74) is 6.77. The Balaban J connectivity index is 2.38. The van der Waals surface area contributed by atoms with Crippen LogP contribution in [0.15, 0.2) is 42.5 Å². The first-order valence-electron chi connectivity index (χ1n) is 5.98. The van der Waals surface area contributed by atoms with E-state index >= 15 is 0 Å². The maximum absolute atomic E-state index is 13.2. The van der Waals surface area contributed by atoms with Crippen molar-refractivity contribution in [3.8, 4) is 0 Å². The summed E-state index contributed by atoms with van der Waals surface area (Å²) >= 11 is 0. The Kier molecular flexibility index (Phi) is 3.81. The number of hydrogen-bond donors (Lipinski definition) is 1. The van der Waals surface area contributed by atoms with Gasteiger partial charge in [0.15, 0.2) is 0 Å². The van der Waals surface area contributed by atoms with Crippen LogP contribution >= 0.6 is 0 Å². The second kappa shape index (κ2) is 5.25. The molecule has 0 radical (unpaired) electrons. The molecule has 0 saturated heterocycles. The molecule has 0 spiro atoms. The maximum atomic E-state index is 13.2. The summed E-state index contributed by atoms with van der Waals surface area (Å²) in [5.74, 6) is -0.428. The van der Waals surface area contributed by atoms with Crippen molar-refractivity contribution in [3.05, 3.63) is 70.5 Å². The van der Waals surface area contributed by atoms with E-state index < -0.39 is 23.6 Å². The van der Waals surface area contributed by atoms with Crippen molar-refractivity contribution in [2.45, 2.75) is 19.1 Å². The molecule has 0 aliphatic rings. The third-order valence-electron chi connectivity index (χ3n) is 3.14. The van der Waals surface area contributed by atoms with E-state index in [0.717, 1.165) is 12.1 Å². The van der Waals surface area contributed by atoms with Crippen LogP contribution in [0, 0.1) is 12.7 Å². The van der Waals surface area contributed by atoms with E-state index in [4.69, 9.17) is 5.73 Å². The average Bonchev–Trinajstić information content (AvgIpc) is 2.36. The third kappa shape index (κ3) is 2.99. The number of alkyl halides is 3. The van der Waals surface area contributed by atoms with Crippen LogP contribution in [0.2, 0.25) is 0 Å². The molecule has 0 aromatic heterocycles. The highest BCUT2D eigenvalue weighted by atomic mass is 19.4. The predicted octanol–water partition coefficient (Wildman–Crippen LogP) is 4.20. The number of hydrogen-bond acceptors (Lipinski definition) is 1. The van der Waals surface area contributed by atoms with Crippen molar-refractivity contribution in [1.29, 1.82) is 0 Å². The maximum Gasteiger partial charge on any atom is 0.416 e. The smallest absolute Gasteiger partial charge is 0.320 e. The van der Waals surface area contributed by atoms with E-state index in [-0.39, 0.29) is 0 Å². The quantitative estimate of drug-likeness (QED) is 0.821. The first-order valence-corrected chi connectivity index (χ1v) is 5.98. The van der Waals surface area contributed by atoms with Gasteiger partial charge in [0, 0.05) is 0 Å². The molecule has 0 aliphatic heterocycles. The van der Waals surface area contributed by atoms with E-state index in [0.29, 0.717) is 16.7 Å². The van der Waals surface area contributed by atoms with Crippen LogP contribution < -0.4 is 5.73 Å². The fourth-order valence-electron chi connectivity index (χ4n) is 2.08. The summed E-state index contributed by atoms with van der Waals surface area (Å²) in [4.78, 5) is 0. The van der Waals surface area contributed by atoms with Crippen LogP contribution in [0.5, 0.6) is 0 Å².